The maximum atomic E-state index is 13.1. The van der Waals surface area contributed by atoms with Crippen LogP contribution in [-0.4, -0.2) is 64.8 Å². The van der Waals surface area contributed by atoms with Crippen molar-refractivity contribution in [1.29, 1.82) is 0 Å². The number of nitrogens with two attached hydrogens (primary N) is 1. The predicted octanol–water partition coefficient (Wildman–Crippen LogP) is 3.22. The lowest BCUT2D eigenvalue weighted by molar-refractivity contribution is -0.143. The highest BCUT2D eigenvalue weighted by atomic mass is 32.2. The van der Waals surface area contributed by atoms with E-state index in [1.54, 1.807) is 47.6 Å². The molecule has 1 amide bonds. The Labute approximate surface area is 254 Å². The van der Waals surface area contributed by atoms with Crippen LogP contribution in [0.15, 0.2) is 46.3 Å². The van der Waals surface area contributed by atoms with Crippen molar-refractivity contribution in [2.75, 3.05) is 26.7 Å². The Bertz CT molecular complexity index is 1370. The van der Waals surface area contributed by atoms with Crippen molar-refractivity contribution < 1.29 is 32.2 Å². The normalized spacial score (nSPS) is 12.8. The van der Waals surface area contributed by atoms with Gasteiger partial charge in [0.05, 0.1) is 18.6 Å². The van der Waals surface area contributed by atoms with E-state index in [1.807, 2.05) is 30.3 Å². The molecule has 2 aromatic carbocycles. The molecule has 12 nitrogen and oxygen atoms in total. The zero-order chi connectivity index (χ0) is 32.2. The lowest BCUT2D eigenvalue weighted by atomic mass is 10.1. The Balaban J connectivity index is 1.95. The number of aryl methyl sites for hydroxylation is 1. The molecule has 0 saturated heterocycles. The van der Waals surface area contributed by atoms with E-state index in [2.05, 4.69) is 20.3 Å². The summed E-state index contributed by atoms with van der Waals surface area (Å²) in [7, 11) is -2.46. The van der Waals surface area contributed by atoms with Gasteiger partial charge in [0, 0.05) is 19.1 Å². The van der Waals surface area contributed by atoms with Crippen LogP contribution in [0.4, 0.5) is 4.79 Å². The fraction of sp³-hybridized carbons (Fsp3) is 0.500. The fourth-order valence-electron chi connectivity index (χ4n) is 4.24. The van der Waals surface area contributed by atoms with Gasteiger partial charge < -0.3 is 30.6 Å². The van der Waals surface area contributed by atoms with Gasteiger partial charge in [0.15, 0.2) is 0 Å². The molecule has 0 aliphatic carbocycles. The second kappa shape index (κ2) is 16.1. The summed E-state index contributed by atoms with van der Waals surface area (Å²) in [4.78, 5) is 28.8. The zero-order valence-corrected chi connectivity index (χ0v) is 26.9. The number of esters is 1. The van der Waals surface area contributed by atoms with Gasteiger partial charge in [0.25, 0.3) is 10.0 Å². The van der Waals surface area contributed by atoms with Crippen LogP contribution >= 0.6 is 0 Å². The van der Waals surface area contributed by atoms with E-state index in [4.69, 9.17) is 19.9 Å². The quantitative estimate of drug-likeness (QED) is 0.107. The van der Waals surface area contributed by atoms with Crippen LogP contribution in [0.2, 0.25) is 0 Å². The summed E-state index contributed by atoms with van der Waals surface area (Å²) < 4.78 is 44.5. The molecule has 2 aromatic rings. The van der Waals surface area contributed by atoms with Crippen molar-refractivity contribution in [2.45, 2.75) is 77.5 Å². The lowest BCUT2D eigenvalue weighted by Gasteiger charge is -2.24. The maximum absolute atomic E-state index is 13.1. The minimum atomic E-state index is -3.99. The van der Waals surface area contributed by atoms with Crippen molar-refractivity contribution in [2.24, 2.45) is 10.7 Å². The average Bonchev–Trinajstić information content (AvgIpc) is 2.90. The van der Waals surface area contributed by atoms with Crippen LogP contribution in [0.1, 0.15) is 55.9 Å². The Kier molecular flexibility index (Phi) is 13.3. The third kappa shape index (κ3) is 12.1. The minimum Gasteiger partial charge on any atom is -0.496 e. The van der Waals surface area contributed by atoms with Crippen LogP contribution < -0.4 is 25.8 Å². The van der Waals surface area contributed by atoms with Crippen molar-refractivity contribution in [3.8, 4) is 5.75 Å². The highest BCUT2D eigenvalue weighted by molar-refractivity contribution is 7.90. The third-order valence-electron chi connectivity index (χ3n) is 6.32. The summed E-state index contributed by atoms with van der Waals surface area (Å²) in [6.07, 6.45) is 0.315. The van der Waals surface area contributed by atoms with Crippen molar-refractivity contribution >= 4 is 28.0 Å². The molecule has 13 heteroatoms. The number of nitrogens with one attached hydrogen (secondary N) is 3. The SMILES string of the molecule is COc1cc(C)c(S(=O)(=O)NC(N)=NCCC[C@@H](CNCC(=O)OCc2ccccc2)NC(=O)OC(C)(C)C)c(C)c1C. The van der Waals surface area contributed by atoms with Gasteiger partial charge in [0.1, 0.15) is 18.0 Å². The van der Waals surface area contributed by atoms with Crippen LogP contribution in [0.3, 0.4) is 0 Å². The summed E-state index contributed by atoms with van der Waals surface area (Å²) in [6.45, 7) is 11.0. The van der Waals surface area contributed by atoms with E-state index in [9.17, 15) is 18.0 Å². The number of guanidine groups is 1. The molecular formula is C30H45N5O7S. The zero-order valence-electron chi connectivity index (χ0n) is 26.1. The predicted molar refractivity (Wildman–Crippen MR) is 166 cm³/mol. The molecule has 238 valence electrons. The van der Waals surface area contributed by atoms with E-state index in [-0.39, 0.29) is 37.1 Å². The molecule has 0 unspecified atom stereocenters. The standard InChI is InChI=1S/C30H45N5O7S/c1-20-16-25(40-7)21(2)22(3)27(20)43(38,39)35-28(31)33-15-11-14-24(34-29(37)42-30(4,5)6)17-32-18-26(36)41-19-23-12-9-8-10-13-23/h8-10,12-13,16,24,32H,11,14-15,17-19H2,1-7H3,(H,34,37)(H3,31,33,35)/t24-/m0/s1. The van der Waals surface area contributed by atoms with E-state index < -0.39 is 33.7 Å². The number of alkyl carbamates (subject to hydrolysis) is 1. The molecule has 1 atom stereocenters. The number of carbonyl (C=O) groups is 2. The number of hydrogen-bond acceptors (Lipinski definition) is 9. The smallest absolute Gasteiger partial charge is 0.407 e. The molecule has 0 bridgehead atoms. The number of amides is 1. The van der Waals surface area contributed by atoms with Gasteiger partial charge in [-0.1, -0.05) is 30.3 Å². The fourth-order valence-corrected chi connectivity index (χ4v) is 5.72. The highest BCUT2D eigenvalue weighted by Crippen LogP contribution is 2.30. The van der Waals surface area contributed by atoms with E-state index >= 15 is 0 Å². The summed E-state index contributed by atoms with van der Waals surface area (Å²) in [5, 5.41) is 5.81. The Hall–Kier alpha value is -3.84. The molecule has 0 saturated carbocycles. The van der Waals surface area contributed by atoms with Crippen LogP contribution in [0, 0.1) is 20.8 Å². The monoisotopic (exact) mass is 619 g/mol. The number of rotatable bonds is 14. The number of ether oxygens (including phenoxy) is 3. The Morgan fingerprint density at radius 3 is 2.37 bits per heavy atom. The second-order valence-corrected chi connectivity index (χ2v) is 12.7. The van der Waals surface area contributed by atoms with E-state index in [0.29, 0.717) is 35.3 Å². The first-order chi connectivity index (χ1) is 20.1. The van der Waals surface area contributed by atoms with Crippen LogP contribution in [0.5, 0.6) is 5.75 Å². The van der Waals surface area contributed by atoms with Gasteiger partial charge in [-0.25, -0.2) is 17.9 Å². The second-order valence-electron chi connectivity index (χ2n) is 11.1. The first kappa shape index (κ1) is 35.4. The van der Waals surface area contributed by atoms with Gasteiger partial charge in [-0.15, -0.1) is 0 Å². The van der Waals surface area contributed by atoms with Gasteiger partial charge in [-0.2, -0.15) is 0 Å². The number of hydrogen-bond donors (Lipinski definition) is 4. The van der Waals surface area contributed by atoms with Gasteiger partial charge in [-0.3, -0.25) is 9.79 Å². The third-order valence-corrected chi connectivity index (χ3v) is 7.97. The molecule has 0 spiro atoms. The summed E-state index contributed by atoms with van der Waals surface area (Å²) in [6, 6.07) is 10.6. The molecule has 5 N–H and O–H groups in total. The highest BCUT2D eigenvalue weighted by Gasteiger charge is 2.24. The lowest BCUT2D eigenvalue weighted by Crippen LogP contribution is -2.45. The number of sulfonamides is 1. The van der Waals surface area contributed by atoms with Crippen LogP contribution in [0.25, 0.3) is 0 Å². The van der Waals surface area contributed by atoms with Crippen molar-refractivity contribution in [3.63, 3.8) is 0 Å². The number of methoxy groups -OCH3 is 1. The average molecular weight is 620 g/mol. The van der Waals surface area contributed by atoms with Crippen molar-refractivity contribution in [1.82, 2.24) is 15.4 Å². The molecule has 0 fully saturated rings. The molecule has 0 aromatic heterocycles. The van der Waals surface area contributed by atoms with E-state index in [0.717, 1.165) is 5.56 Å². The van der Waals surface area contributed by atoms with Crippen LogP contribution in [-0.2, 0) is 30.9 Å². The first-order valence-electron chi connectivity index (χ1n) is 14.0. The number of aliphatic imine (C=N–C) groups is 1. The van der Waals surface area contributed by atoms with Gasteiger partial charge >= 0.3 is 12.1 Å². The first-order valence-corrected chi connectivity index (χ1v) is 15.5. The topological polar surface area (TPSA) is 170 Å². The molecule has 0 heterocycles. The number of carbonyl (C=O) groups excluding carboxylic acids is 2. The van der Waals surface area contributed by atoms with Gasteiger partial charge in [0.2, 0.25) is 5.96 Å². The van der Waals surface area contributed by atoms with Gasteiger partial charge in [-0.05, 0) is 82.7 Å². The number of benzene rings is 2. The molecule has 0 aliphatic rings. The Morgan fingerprint density at radius 2 is 1.74 bits per heavy atom. The maximum Gasteiger partial charge on any atom is 0.407 e. The summed E-state index contributed by atoms with van der Waals surface area (Å²) in [5.41, 5.74) is 7.92. The molecule has 2 rings (SSSR count). The molecule has 43 heavy (non-hydrogen) atoms. The summed E-state index contributed by atoms with van der Waals surface area (Å²) in [5.74, 6) is -0.0750. The van der Waals surface area contributed by atoms with Crippen molar-refractivity contribution in [3.05, 3.63) is 58.7 Å². The minimum absolute atomic E-state index is 0.0458. The molecular weight excluding hydrogens is 574 g/mol. The molecule has 0 radical (unpaired) electrons. The molecule has 0 aliphatic heterocycles. The summed E-state index contributed by atoms with van der Waals surface area (Å²) >= 11 is 0. The Morgan fingerprint density at radius 1 is 1.07 bits per heavy atom. The van der Waals surface area contributed by atoms with E-state index in [1.165, 1.54) is 7.11 Å². The number of nitrogens with zero attached hydrogens (tertiary/aromatic N) is 1. The largest absolute Gasteiger partial charge is 0.496 e.